The van der Waals surface area contributed by atoms with Crippen LogP contribution >= 0.6 is 0 Å². The summed E-state index contributed by atoms with van der Waals surface area (Å²) in [7, 11) is 0. The van der Waals surface area contributed by atoms with Crippen LogP contribution in [-0.4, -0.2) is 16.9 Å². The second-order valence-corrected chi connectivity index (χ2v) is 6.64. The maximum Gasteiger partial charge on any atom is 0.314 e. The van der Waals surface area contributed by atoms with E-state index >= 15 is 0 Å². The van der Waals surface area contributed by atoms with E-state index in [0.717, 1.165) is 5.56 Å². The first kappa shape index (κ1) is 18.6. The van der Waals surface area contributed by atoms with Gasteiger partial charge in [-0.2, -0.15) is 0 Å². The average Bonchev–Trinajstić information content (AvgIpc) is 2.59. The molecular formula is C21H21FO3. The highest BCUT2D eigenvalue weighted by molar-refractivity contribution is 6.08. The van der Waals surface area contributed by atoms with Crippen LogP contribution in [0, 0.1) is 11.7 Å². The van der Waals surface area contributed by atoms with Gasteiger partial charge in [0.2, 0.25) is 0 Å². The second-order valence-electron chi connectivity index (χ2n) is 6.64. The first-order valence-corrected chi connectivity index (χ1v) is 8.01. The standard InChI is InChI=1S/C21H21FO3/c1-4-14-10-11-16(22)12-18(14)21(2,3)13-17(20(24)25)19(23)15-8-6-5-7-9-15/h4-12,17H,1,13H2,2-3H3,(H,24,25). The Labute approximate surface area is 146 Å². The third kappa shape index (κ3) is 4.21. The molecule has 0 aliphatic heterocycles. The summed E-state index contributed by atoms with van der Waals surface area (Å²) in [4.78, 5) is 24.4. The van der Waals surface area contributed by atoms with Gasteiger partial charge in [0.25, 0.3) is 0 Å². The predicted octanol–water partition coefficient (Wildman–Crippen LogP) is 4.72. The number of hydrogen-bond donors (Lipinski definition) is 1. The second kappa shape index (κ2) is 7.43. The molecule has 0 radical (unpaired) electrons. The zero-order valence-corrected chi connectivity index (χ0v) is 14.3. The van der Waals surface area contributed by atoms with E-state index in [-0.39, 0.29) is 6.42 Å². The van der Waals surface area contributed by atoms with Crippen molar-refractivity contribution in [2.24, 2.45) is 5.92 Å². The molecule has 0 amide bonds. The van der Waals surface area contributed by atoms with Gasteiger partial charge in [-0.3, -0.25) is 9.59 Å². The van der Waals surface area contributed by atoms with E-state index in [1.807, 2.05) is 13.8 Å². The van der Waals surface area contributed by atoms with Crippen LogP contribution in [-0.2, 0) is 10.2 Å². The first-order chi connectivity index (χ1) is 11.8. The van der Waals surface area contributed by atoms with E-state index < -0.39 is 28.9 Å². The minimum absolute atomic E-state index is 0.0559. The van der Waals surface area contributed by atoms with Gasteiger partial charge in [-0.15, -0.1) is 0 Å². The van der Waals surface area contributed by atoms with Crippen molar-refractivity contribution in [1.82, 2.24) is 0 Å². The summed E-state index contributed by atoms with van der Waals surface area (Å²) >= 11 is 0. The lowest BCUT2D eigenvalue weighted by Crippen LogP contribution is -2.32. The van der Waals surface area contributed by atoms with Crippen LogP contribution in [0.4, 0.5) is 4.39 Å². The molecule has 2 aromatic carbocycles. The molecule has 0 aliphatic carbocycles. The van der Waals surface area contributed by atoms with Crippen molar-refractivity contribution in [1.29, 1.82) is 0 Å². The molecule has 0 fully saturated rings. The van der Waals surface area contributed by atoms with E-state index in [4.69, 9.17) is 0 Å². The molecule has 130 valence electrons. The number of benzene rings is 2. The number of ketones is 1. The molecule has 0 bridgehead atoms. The summed E-state index contributed by atoms with van der Waals surface area (Å²) in [5.74, 6) is -3.25. The summed E-state index contributed by atoms with van der Waals surface area (Å²) < 4.78 is 13.7. The van der Waals surface area contributed by atoms with Crippen LogP contribution < -0.4 is 0 Å². The van der Waals surface area contributed by atoms with Gasteiger partial charge in [-0.25, -0.2) is 4.39 Å². The minimum atomic E-state index is -1.21. The minimum Gasteiger partial charge on any atom is -0.481 e. The number of carboxylic acids is 1. The molecular weight excluding hydrogens is 319 g/mol. The Balaban J connectivity index is 2.39. The maximum absolute atomic E-state index is 13.7. The van der Waals surface area contributed by atoms with E-state index in [1.54, 1.807) is 42.5 Å². The molecule has 0 heterocycles. The lowest BCUT2D eigenvalue weighted by molar-refractivity contribution is -0.140. The third-order valence-electron chi connectivity index (χ3n) is 4.35. The summed E-state index contributed by atoms with van der Waals surface area (Å²) in [6, 6.07) is 12.7. The molecule has 0 aromatic heterocycles. The van der Waals surface area contributed by atoms with E-state index in [0.29, 0.717) is 11.1 Å². The average molecular weight is 340 g/mol. The number of hydrogen-bond acceptors (Lipinski definition) is 2. The monoisotopic (exact) mass is 340 g/mol. The zero-order valence-electron chi connectivity index (χ0n) is 14.3. The largest absolute Gasteiger partial charge is 0.481 e. The van der Waals surface area contributed by atoms with Gasteiger partial charge in [0.15, 0.2) is 5.78 Å². The summed E-state index contributed by atoms with van der Waals surface area (Å²) in [5, 5.41) is 9.58. The van der Waals surface area contributed by atoms with Crippen molar-refractivity contribution in [3.8, 4) is 0 Å². The number of rotatable bonds is 7. The quantitative estimate of drug-likeness (QED) is 0.586. The van der Waals surface area contributed by atoms with Crippen molar-refractivity contribution in [3.63, 3.8) is 0 Å². The molecule has 2 aromatic rings. The Morgan fingerprint density at radius 3 is 2.40 bits per heavy atom. The van der Waals surface area contributed by atoms with E-state index in [2.05, 4.69) is 6.58 Å². The SMILES string of the molecule is C=Cc1ccc(F)cc1C(C)(C)CC(C(=O)O)C(=O)c1ccccc1. The Bertz CT molecular complexity index is 794. The molecule has 25 heavy (non-hydrogen) atoms. The number of carbonyl (C=O) groups excluding carboxylic acids is 1. The first-order valence-electron chi connectivity index (χ1n) is 8.01. The third-order valence-corrected chi connectivity index (χ3v) is 4.35. The molecule has 1 N–H and O–H groups in total. The smallest absolute Gasteiger partial charge is 0.314 e. The number of Topliss-reactive ketones (excluding diaryl/α,β-unsaturated/α-hetero) is 1. The molecule has 3 nitrogen and oxygen atoms in total. The molecule has 0 spiro atoms. The van der Waals surface area contributed by atoms with Crippen LogP contribution in [0.25, 0.3) is 6.08 Å². The van der Waals surface area contributed by atoms with Gasteiger partial charge in [-0.1, -0.05) is 62.9 Å². The van der Waals surface area contributed by atoms with Gasteiger partial charge in [0.1, 0.15) is 11.7 Å². The number of aliphatic carboxylic acids is 1. The van der Waals surface area contributed by atoms with Gasteiger partial charge in [0.05, 0.1) is 0 Å². The molecule has 1 unspecified atom stereocenters. The van der Waals surface area contributed by atoms with Crippen LogP contribution in [0.2, 0.25) is 0 Å². The number of carbonyl (C=O) groups is 2. The molecule has 2 rings (SSSR count). The van der Waals surface area contributed by atoms with Crippen LogP contribution in [0.3, 0.4) is 0 Å². The van der Waals surface area contributed by atoms with E-state index in [9.17, 15) is 19.1 Å². The Morgan fingerprint density at radius 1 is 1.20 bits per heavy atom. The van der Waals surface area contributed by atoms with Crippen molar-refractivity contribution >= 4 is 17.8 Å². The highest BCUT2D eigenvalue weighted by Gasteiger charge is 2.35. The molecule has 4 heteroatoms. The summed E-state index contributed by atoms with van der Waals surface area (Å²) in [6.45, 7) is 7.34. The molecule has 0 aliphatic rings. The van der Waals surface area contributed by atoms with Gasteiger partial charge in [-0.05, 0) is 35.1 Å². The van der Waals surface area contributed by atoms with Gasteiger partial charge in [0, 0.05) is 5.56 Å². The van der Waals surface area contributed by atoms with Gasteiger partial charge >= 0.3 is 5.97 Å². The highest BCUT2D eigenvalue weighted by Crippen LogP contribution is 2.35. The fourth-order valence-electron chi connectivity index (χ4n) is 3.01. The lowest BCUT2D eigenvalue weighted by Gasteiger charge is -2.29. The van der Waals surface area contributed by atoms with E-state index in [1.165, 1.54) is 12.1 Å². The zero-order chi connectivity index (χ0) is 18.6. The maximum atomic E-state index is 13.7. The summed E-state index contributed by atoms with van der Waals surface area (Å²) in [6.07, 6.45) is 1.66. The fourth-order valence-corrected chi connectivity index (χ4v) is 3.01. The topological polar surface area (TPSA) is 54.4 Å². The lowest BCUT2D eigenvalue weighted by atomic mass is 9.73. The molecule has 0 saturated carbocycles. The predicted molar refractivity (Wildman–Crippen MR) is 96.0 cm³/mol. The Kier molecular flexibility index (Phi) is 5.52. The van der Waals surface area contributed by atoms with Crippen molar-refractivity contribution < 1.29 is 19.1 Å². The Hall–Kier alpha value is -2.75. The van der Waals surface area contributed by atoms with Crippen molar-refractivity contribution in [3.05, 3.63) is 77.6 Å². The van der Waals surface area contributed by atoms with Crippen molar-refractivity contribution in [2.45, 2.75) is 25.7 Å². The summed E-state index contributed by atoms with van der Waals surface area (Å²) in [5.41, 5.74) is 0.991. The Morgan fingerprint density at radius 2 is 1.84 bits per heavy atom. The molecule has 0 saturated heterocycles. The fraction of sp³-hybridized carbons (Fsp3) is 0.238. The van der Waals surface area contributed by atoms with Crippen LogP contribution in [0.5, 0.6) is 0 Å². The number of carboxylic acid groups (broad SMARTS) is 1. The van der Waals surface area contributed by atoms with Crippen LogP contribution in [0.1, 0.15) is 41.8 Å². The van der Waals surface area contributed by atoms with Crippen LogP contribution in [0.15, 0.2) is 55.1 Å². The highest BCUT2D eigenvalue weighted by atomic mass is 19.1. The van der Waals surface area contributed by atoms with Crippen molar-refractivity contribution in [2.75, 3.05) is 0 Å². The normalized spacial score (nSPS) is 12.4. The number of halogens is 1. The van der Waals surface area contributed by atoms with Gasteiger partial charge < -0.3 is 5.11 Å². The molecule has 1 atom stereocenters.